The van der Waals surface area contributed by atoms with E-state index in [4.69, 9.17) is 9.84 Å². The average molecular weight is 302 g/mol. The van der Waals surface area contributed by atoms with Gasteiger partial charge in [-0.15, -0.1) is 0 Å². The number of pyridine rings is 1. The lowest BCUT2D eigenvalue weighted by molar-refractivity contribution is 0.0790. The van der Waals surface area contributed by atoms with E-state index in [2.05, 4.69) is 31.6 Å². The summed E-state index contributed by atoms with van der Waals surface area (Å²) in [6.45, 7) is 4.73. The number of rotatable bonds is 6. The summed E-state index contributed by atoms with van der Waals surface area (Å²) in [7, 11) is 0. The van der Waals surface area contributed by atoms with Crippen LogP contribution in [-0.4, -0.2) is 44.3 Å². The maximum atomic E-state index is 8.82. The number of imidazole rings is 1. The van der Waals surface area contributed by atoms with Crippen molar-refractivity contribution in [3.8, 4) is 0 Å². The van der Waals surface area contributed by atoms with Gasteiger partial charge in [0, 0.05) is 38.6 Å². The number of hydrogen-bond acceptors (Lipinski definition) is 5. The second-order valence-corrected chi connectivity index (χ2v) is 5.53. The number of aromatic nitrogens is 3. The number of ether oxygens (including phenoxy) is 1. The minimum Gasteiger partial charge on any atom is -0.394 e. The molecular formula is C16H22N4O2. The first-order valence-corrected chi connectivity index (χ1v) is 7.69. The molecule has 0 aliphatic carbocycles. The summed E-state index contributed by atoms with van der Waals surface area (Å²) in [5, 5.41) is 8.82. The summed E-state index contributed by atoms with van der Waals surface area (Å²) in [6, 6.07) is 4.13. The molecular weight excluding hydrogens is 280 g/mol. The normalized spacial score (nSPS) is 15.5. The van der Waals surface area contributed by atoms with Crippen molar-refractivity contribution in [3.63, 3.8) is 0 Å². The zero-order chi connectivity index (χ0) is 15.2. The van der Waals surface area contributed by atoms with Crippen molar-refractivity contribution in [1.82, 2.24) is 19.4 Å². The molecule has 3 heterocycles. The van der Waals surface area contributed by atoms with Gasteiger partial charge in [-0.3, -0.25) is 9.88 Å². The minimum atomic E-state index is 0.0458. The number of aliphatic hydroxyl groups excluding tert-OH is 1. The van der Waals surface area contributed by atoms with Crippen LogP contribution in [0.5, 0.6) is 0 Å². The van der Waals surface area contributed by atoms with E-state index in [1.165, 1.54) is 11.3 Å². The average Bonchev–Trinajstić information content (AvgIpc) is 2.79. The summed E-state index contributed by atoms with van der Waals surface area (Å²) >= 11 is 0. The fraction of sp³-hybridized carbons (Fsp3) is 0.500. The third kappa shape index (κ3) is 3.71. The van der Waals surface area contributed by atoms with E-state index in [9.17, 15) is 0 Å². The highest BCUT2D eigenvalue weighted by atomic mass is 16.5. The van der Waals surface area contributed by atoms with Gasteiger partial charge in [0.25, 0.3) is 0 Å². The van der Waals surface area contributed by atoms with Crippen molar-refractivity contribution in [2.75, 3.05) is 19.8 Å². The third-order valence-electron chi connectivity index (χ3n) is 3.91. The van der Waals surface area contributed by atoms with Gasteiger partial charge in [-0.05, 0) is 24.1 Å². The van der Waals surface area contributed by atoms with Crippen molar-refractivity contribution in [1.29, 1.82) is 0 Å². The van der Waals surface area contributed by atoms with Crippen molar-refractivity contribution in [2.45, 2.75) is 32.7 Å². The fourth-order valence-electron chi connectivity index (χ4n) is 2.81. The highest BCUT2D eigenvalue weighted by Gasteiger charge is 2.18. The molecule has 1 aliphatic rings. The smallest absolute Gasteiger partial charge is 0.0953 e. The Morgan fingerprint density at radius 2 is 2.09 bits per heavy atom. The van der Waals surface area contributed by atoms with Gasteiger partial charge in [0.05, 0.1) is 37.5 Å². The van der Waals surface area contributed by atoms with Gasteiger partial charge in [-0.1, -0.05) is 0 Å². The van der Waals surface area contributed by atoms with Crippen molar-refractivity contribution >= 4 is 0 Å². The number of fused-ring (bicyclic) bond motifs is 1. The lowest BCUT2D eigenvalue weighted by Gasteiger charge is -2.20. The zero-order valence-electron chi connectivity index (χ0n) is 12.7. The van der Waals surface area contributed by atoms with Gasteiger partial charge >= 0.3 is 0 Å². The first-order chi connectivity index (χ1) is 10.9. The molecule has 0 fully saturated rings. The van der Waals surface area contributed by atoms with E-state index >= 15 is 0 Å². The third-order valence-corrected chi connectivity index (χ3v) is 3.91. The van der Waals surface area contributed by atoms with Crippen LogP contribution in [0.1, 0.15) is 23.4 Å². The maximum Gasteiger partial charge on any atom is 0.0953 e. The molecule has 0 aromatic carbocycles. The van der Waals surface area contributed by atoms with E-state index in [1.54, 1.807) is 0 Å². The molecule has 0 atom stereocenters. The molecule has 0 spiro atoms. The Hall–Kier alpha value is -1.76. The topological polar surface area (TPSA) is 63.4 Å². The van der Waals surface area contributed by atoms with Crippen LogP contribution < -0.4 is 0 Å². The number of hydrogen-bond donors (Lipinski definition) is 1. The van der Waals surface area contributed by atoms with Crippen molar-refractivity contribution in [2.24, 2.45) is 0 Å². The number of nitrogens with zero attached hydrogens (tertiary/aromatic N) is 4. The van der Waals surface area contributed by atoms with E-state index in [1.807, 2.05) is 18.7 Å². The van der Waals surface area contributed by atoms with E-state index < -0.39 is 0 Å². The Bertz CT molecular complexity index is 585. The standard InChI is InChI=1S/C16H22N4O2/c21-8-9-22-12-15-16-11-19(6-1-7-20(16)13-18-15)10-14-2-4-17-5-3-14/h2-5,13,21H,1,6-12H2. The first-order valence-electron chi connectivity index (χ1n) is 7.69. The molecule has 0 unspecified atom stereocenters. The Morgan fingerprint density at radius 1 is 1.23 bits per heavy atom. The lowest BCUT2D eigenvalue weighted by atomic mass is 10.2. The Balaban J connectivity index is 1.69. The molecule has 2 aromatic heterocycles. The quantitative estimate of drug-likeness (QED) is 0.812. The highest BCUT2D eigenvalue weighted by molar-refractivity contribution is 5.15. The van der Waals surface area contributed by atoms with Crippen LogP contribution in [0.4, 0.5) is 0 Å². The van der Waals surface area contributed by atoms with Gasteiger partial charge in [-0.2, -0.15) is 0 Å². The molecule has 0 amide bonds. The zero-order valence-corrected chi connectivity index (χ0v) is 12.7. The van der Waals surface area contributed by atoms with E-state index in [0.29, 0.717) is 13.2 Å². The van der Waals surface area contributed by atoms with Gasteiger partial charge in [0.1, 0.15) is 0 Å². The van der Waals surface area contributed by atoms with Crippen LogP contribution in [0.25, 0.3) is 0 Å². The molecule has 0 bridgehead atoms. The van der Waals surface area contributed by atoms with Gasteiger partial charge < -0.3 is 14.4 Å². The molecule has 0 saturated carbocycles. The van der Waals surface area contributed by atoms with Crippen molar-refractivity contribution < 1.29 is 9.84 Å². The molecule has 1 N–H and O–H groups in total. The van der Waals surface area contributed by atoms with Crippen LogP contribution in [0.3, 0.4) is 0 Å². The summed E-state index contributed by atoms with van der Waals surface area (Å²) < 4.78 is 7.66. The monoisotopic (exact) mass is 302 g/mol. The van der Waals surface area contributed by atoms with Crippen LogP contribution in [0, 0.1) is 0 Å². The summed E-state index contributed by atoms with van der Waals surface area (Å²) in [5.74, 6) is 0. The largest absolute Gasteiger partial charge is 0.394 e. The van der Waals surface area contributed by atoms with Crippen LogP contribution in [-0.2, 0) is 31.0 Å². The fourth-order valence-corrected chi connectivity index (χ4v) is 2.81. The van der Waals surface area contributed by atoms with Crippen LogP contribution in [0.2, 0.25) is 0 Å². The van der Waals surface area contributed by atoms with Gasteiger partial charge in [0.2, 0.25) is 0 Å². The molecule has 6 nitrogen and oxygen atoms in total. The Kier molecular flexibility index (Phi) is 5.15. The minimum absolute atomic E-state index is 0.0458. The summed E-state index contributed by atoms with van der Waals surface area (Å²) in [6.07, 6.45) is 6.70. The lowest BCUT2D eigenvalue weighted by Crippen LogP contribution is -2.23. The van der Waals surface area contributed by atoms with Gasteiger partial charge in [-0.25, -0.2) is 4.98 Å². The maximum absolute atomic E-state index is 8.82. The first kappa shape index (κ1) is 15.1. The van der Waals surface area contributed by atoms with Crippen LogP contribution >= 0.6 is 0 Å². The second kappa shape index (κ2) is 7.49. The molecule has 3 rings (SSSR count). The Labute approximate surface area is 130 Å². The molecule has 6 heteroatoms. The van der Waals surface area contributed by atoms with Crippen LogP contribution in [0.15, 0.2) is 30.9 Å². The summed E-state index contributed by atoms with van der Waals surface area (Å²) in [4.78, 5) is 11.0. The molecule has 0 saturated heterocycles. The van der Waals surface area contributed by atoms with E-state index in [0.717, 1.165) is 38.3 Å². The molecule has 118 valence electrons. The SMILES string of the molecule is OCCOCc1ncn2c1CN(Cc1ccncc1)CCC2. The number of aryl methyl sites for hydroxylation is 1. The Morgan fingerprint density at radius 3 is 2.91 bits per heavy atom. The molecule has 2 aromatic rings. The van der Waals surface area contributed by atoms with E-state index in [-0.39, 0.29) is 6.61 Å². The van der Waals surface area contributed by atoms with Crippen molar-refractivity contribution in [3.05, 3.63) is 47.8 Å². The molecule has 0 radical (unpaired) electrons. The summed E-state index contributed by atoms with van der Waals surface area (Å²) in [5.41, 5.74) is 3.49. The molecule has 22 heavy (non-hydrogen) atoms. The van der Waals surface area contributed by atoms with Gasteiger partial charge in [0.15, 0.2) is 0 Å². The second-order valence-electron chi connectivity index (χ2n) is 5.53. The predicted octanol–water partition coefficient (Wildman–Crippen LogP) is 1.19. The number of aliphatic hydroxyl groups is 1. The predicted molar refractivity (Wildman–Crippen MR) is 81.9 cm³/mol. The highest BCUT2D eigenvalue weighted by Crippen LogP contribution is 2.18. The molecule has 1 aliphatic heterocycles.